The molecule has 0 spiro atoms. The highest BCUT2D eigenvalue weighted by Gasteiger charge is 2.15. The van der Waals surface area contributed by atoms with Crippen molar-refractivity contribution in [1.82, 2.24) is 14.5 Å². The van der Waals surface area contributed by atoms with Crippen molar-refractivity contribution >= 4 is 16.9 Å². The second kappa shape index (κ2) is 7.62. The van der Waals surface area contributed by atoms with Gasteiger partial charge in [0.1, 0.15) is 5.82 Å². The molecule has 23 heavy (non-hydrogen) atoms. The Balaban J connectivity index is 2.22. The zero-order valence-electron chi connectivity index (χ0n) is 15.1. The van der Waals surface area contributed by atoms with Gasteiger partial charge in [0.05, 0.1) is 17.5 Å². The Morgan fingerprint density at radius 1 is 1.22 bits per heavy atom. The maximum Gasteiger partial charge on any atom is 0.226 e. The minimum Gasteiger partial charge on any atom is -0.342 e. The number of nitrogens with zero attached hydrogens (tertiary/aromatic N) is 3. The molecule has 2 rings (SSSR count). The lowest BCUT2D eigenvalue weighted by Gasteiger charge is -2.21. The van der Waals surface area contributed by atoms with Gasteiger partial charge < -0.3 is 9.47 Å². The summed E-state index contributed by atoms with van der Waals surface area (Å²) >= 11 is 0. The van der Waals surface area contributed by atoms with E-state index in [1.807, 2.05) is 11.8 Å². The third-order valence-corrected chi connectivity index (χ3v) is 4.14. The highest BCUT2D eigenvalue weighted by molar-refractivity contribution is 5.82. The first-order valence-corrected chi connectivity index (χ1v) is 8.73. The van der Waals surface area contributed by atoms with E-state index in [0.717, 1.165) is 48.4 Å². The molecular formula is C19H29N3O. The third kappa shape index (κ3) is 3.92. The fourth-order valence-corrected chi connectivity index (χ4v) is 3.21. The minimum absolute atomic E-state index is 0.216. The molecule has 0 aliphatic rings. The number of hydrogen-bond acceptors (Lipinski definition) is 2. The summed E-state index contributed by atoms with van der Waals surface area (Å²) in [6, 6.07) is 6.62. The molecule has 1 amide bonds. The van der Waals surface area contributed by atoms with E-state index in [2.05, 4.69) is 55.4 Å². The Hall–Kier alpha value is -1.84. The van der Waals surface area contributed by atoms with Crippen molar-refractivity contribution in [2.75, 3.05) is 13.1 Å². The van der Waals surface area contributed by atoms with Gasteiger partial charge in [0.2, 0.25) is 5.91 Å². The average Bonchev–Trinajstić information content (AvgIpc) is 2.82. The number of carbonyl (C=O) groups excluding carboxylic acids is 1. The van der Waals surface area contributed by atoms with Crippen molar-refractivity contribution in [3.05, 3.63) is 29.6 Å². The van der Waals surface area contributed by atoms with Crippen molar-refractivity contribution in [1.29, 1.82) is 0 Å². The number of carbonyl (C=O) groups is 1. The van der Waals surface area contributed by atoms with Gasteiger partial charge in [-0.15, -0.1) is 0 Å². The predicted octanol–water partition coefficient (Wildman–Crippen LogP) is 4.12. The van der Waals surface area contributed by atoms with Gasteiger partial charge in [-0.3, -0.25) is 4.79 Å². The second-order valence-electron chi connectivity index (χ2n) is 6.50. The quantitative estimate of drug-likeness (QED) is 0.771. The number of hydrogen-bond donors (Lipinski definition) is 0. The van der Waals surface area contributed by atoms with Gasteiger partial charge in [-0.25, -0.2) is 4.98 Å². The number of aryl methyl sites for hydroxylation is 1. The number of fused-ring (bicyclic) bond motifs is 1. The summed E-state index contributed by atoms with van der Waals surface area (Å²) in [4.78, 5) is 19.1. The molecule has 126 valence electrons. The van der Waals surface area contributed by atoms with Crippen molar-refractivity contribution in [3.8, 4) is 0 Å². The maximum absolute atomic E-state index is 12.5. The van der Waals surface area contributed by atoms with Gasteiger partial charge in [0.15, 0.2) is 0 Å². The number of rotatable bonds is 7. The molecule has 0 aliphatic carbocycles. The van der Waals surface area contributed by atoms with Crippen LogP contribution in [0.25, 0.3) is 11.0 Å². The van der Waals surface area contributed by atoms with Crippen LogP contribution in [-0.2, 0) is 11.2 Å². The molecule has 0 saturated heterocycles. The van der Waals surface area contributed by atoms with Gasteiger partial charge >= 0.3 is 0 Å². The summed E-state index contributed by atoms with van der Waals surface area (Å²) < 4.78 is 2.24. The zero-order valence-corrected chi connectivity index (χ0v) is 15.1. The van der Waals surface area contributed by atoms with Gasteiger partial charge in [0.25, 0.3) is 0 Å². The normalized spacial score (nSPS) is 11.4. The van der Waals surface area contributed by atoms with Gasteiger partial charge in [0, 0.05) is 19.1 Å². The molecule has 0 saturated carbocycles. The van der Waals surface area contributed by atoms with Crippen LogP contribution < -0.4 is 0 Å². The van der Waals surface area contributed by atoms with Crippen LogP contribution in [0, 0.1) is 6.92 Å². The first-order chi connectivity index (χ1) is 11.0. The Labute approximate surface area is 139 Å². The lowest BCUT2D eigenvalue weighted by Crippen LogP contribution is -2.33. The summed E-state index contributed by atoms with van der Waals surface area (Å²) in [5.41, 5.74) is 3.18. The topological polar surface area (TPSA) is 38.1 Å². The van der Waals surface area contributed by atoms with E-state index in [4.69, 9.17) is 0 Å². The predicted molar refractivity (Wildman–Crippen MR) is 95.7 cm³/mol. The summed E-state index contributed by atoms with van der Waals surface area (Å²) in [6.45, 7) is 12.3. The maximum atomic E-state index is 12.5. The monoisotopic (exact) mass is 315 g/mol. The van der Waals surface area contributed by atoms with Crippen molar-refractivity contribution in [3.63, 3.8) is 0 Å². The molecule has 1 aromatic heterocycles. The largest absolute Gasteiger partial charge is 0.342 e. The van der Waals surface area contributed by atoms with Crippen LogP contribution in [0.1, 0.15) is 58.0 Å². The van der Waals surface area contributed by atoms with Crippen LogP contribution in [0.3, 0.4) is 0 Å². The van der Waals surface area contributed by atoms with Crippen LogP contribution in [0.5, 0.6) is 0 Å². The summed E-state index contributed by atoms with van der Waals surface area (Å²) in [5, 5.41) is 0. The Kier molecular flexibility index (Phi) is 5.80. The third-order valence-electron chi connectivity index (χ3n) is 4.14. The number of aromatic nitrogens is 2. The van der Waals surface area contributed by atoms with Crippen molar-refractivity contribution < 1.29 is 4.79 Å². The average molecular weight is 315 g/mol. The fraction of sp³-hybridized carbons (Fsp3) is 0.579. The first kappa shape index (κ1) is 17.5. The molecule has 1 heterocycles. The highest BCUT2D eigenvalue weighted by atomic mass is 16.2. The fourth-order valence-electron chi connectivity index (χ4n) is 3.21. The van der Waals surface area contributed by atoms with Crippen LogP contribution >= 0.6 is 0 Å². The summed E-state index contributed by atoms with van der Waals surface area (Å²) in [5.74, 6) is 1.24. The van der Waals surface area contributed by atoms with E-state index in [0.29, 0.717) is 12.5 Å². The Morgan fingerprint density at radius 2 is 1.87 bits per heavy atom. The zero-order chi connectivity index (χ0) is 17.0. The molecule has 2 aromatic rings. The Morgan fingerprint density at radius 3 is 2.43 bits per heavy atom. The molecule has 0 radical (unpaired) electrons. The second-order valence-corrected chi connectivity index (χ2v) is 6.50. The van der Waals surface area contributed by atoms with E-state index in [1.54, 1.807) is 0 Å². The van der Waals surface area contributed by atoms with E-state index in [-0.39, 0.29) is 5.91 Å². The SMILES string of the molecule is CCCN(CCC)C(=O)Cc1ccc2c(c1)nc(C)n2C(C)C. The van der Waals surface area contributed by atoms with Crippen LogP contribution in [0.2, 0.25) is 0 Å². The molecule has 0 unspecified atom stereocenters. The number of benzene rings is 1. The minimum atomic E-state index is 0.216. The Bertz CT molecular complexity index is 667. The van der Waals surface area contributed by atoms with Gasteiger partial charge in [-0.2, -0.15) is 0 Å². The number of imidazole rings is 1. The van der Waals surface area contributed by atoms with Gasteiger partial charge in [-0.05, 0) is 51.3 Å². The van der Waals surface area contributed by atoms with E-state index in [9.17, 15) is 4.79 Å². The van der Waals surface area contributed by atoms with Crippen molar-refractivity contribution in [2.24, 2.45) is 0 Å². The van der Waals surface area contributed by atoms with Crippen LogP contribution in [0.15, 0.2) is 18.2 Å². The molecule has 0 fully saturated rings. The van der Waals surface area contributed by atoms with Crippen molar-refractivity contribution in [2.45, 2.75) is 59.9 Å². The molecule has 4 heteroatoms. The van der Waals surface area contributed by atoms with Crippen LogP contribution in [-0.4, -0.2) is 33.4 Å². The molecular weight excluding hydrogens is 286 g/mol. The molecule has 0 bridgehead atoms. The van der Waals surface area contributed by atoms with Gasteiger partial charge in [-0.1, -0.05) is 19.9 Å². The standard InChI is InChI=1S/C19H29N3O/c1-6-10-21(11-7-2)19(23)13-16-8-9-18-17(12-16)20-15(5)22(18)14(3)4/h8-9,12,14H,6-7,10-11,13H2,1-5H3. The lowest BCUT2D eigenvalue weighted by atomic mass is 10.1. The molecule has 4 nitrogen and oxygen atoms in total. The van der Waals surface area contributed by atoms with E-state index < -0.39 is 0 Å². The van der Waals surface area contributed by atoms with E-state index >= 15 is 0 Å². The summed E-state index contributed by atoms with van der Waals surface area (Å²) in [7, 11) is 0. The smallest absolute Gasteiger partial charge is 0.226 e. The number of amides is 1. The molecule has 0 N–H and O–H groups in total. The highest BCUT2D eigenvalue weighted by Crippen LogP contribution is 2.22. The van der Waals surface area contributed by atoms with E-state index in [1.165, 1.54) is 0 Å². The first-order valence-electron chi connectivity index (χ1n) is 8.73. The van der Waals surface area contributed by atoms with Crippen LogP contribution in [0.4, 0.5) is 0 Å². The molecule has 0 atom stereocenters. The lowest BCUT2D eigenvalue weighted by molar-refractivity contribution is -0.130. The molecule has 0 aliphatic heterocycles. The molecule has 1 aromatic carbocycles. The summed E-state index contributed by atoms with van der Waals surface area (Å²) in [6.07, 6.45) is 2.47.